The molecule has 0 aromatic heterocycles. The zero-order chi connectivity index (χ0) is 10.1. The molecule has 1 aliphatic rings. The van der Waals surface area contributed by atoms with Crippen molar-refractivity contribution < 1.29 is 4.79 Å². The highest BCUT2D eigenvalue weighted by molar-refractivity contribution is 14.1. The molecule has 1 aromatic carbocycles. The standard InChI is InChI=1S/C11H12INO/c1-2-9-5-7-3-4-8(12)6-10(7)11(14)13-9/h3-4,6,9H,2,5H2,1H3,(H,13,14). The van der Waals surface area contributed by atoms with Crippen molar-refractivity contribution in [3.8, 4) is 0 Å². The number of rotatable bonds is 1. The number of carbonyl (C=O) groups excluding carboxylic acids is 1. The van der Waals surface area contributed by atoms with Crippen molar-refractivity contribution in [2.45, 2.75) is 25.8 Å². The molecule has 0 aliphatic carbocycles. The molecular formula is C11H12INO. The summed E-state index contributed by atoms with van der Waals surface area (Å²) < 4.78 is 1.12. The van der Waals surface area contributed by atoms with E-state index in [1.807, 2.05) is 6.07 Å². The fraction of sp³-hybridized carbons (Fsp3) is 0.364. The number of hydrogen-bond acceptors (Lipinski definition) is 1. The fourth-order valence-electron chi connectivity index (χ4n) is 1.76. The van der Waals surface area contributed by atoms with Crippen LogP contribution in [0.2, 0.25) is 0 Å². The Morgan fingerprint density at radius 1 is 1.57 bits per heavy atom. The van der Waals surface area contributed by atoms with Gasteiger partial charge in [-0.05, 0) is 53.1 Å². The summed E-state index contributed by atoms with van der Waals surface area (Å²) in [7, 11) is 0. The van der Waals surface area contributed by atoms with Crippen LogP contribution in [0.3, 0.4) is 0 Å². The van der Waals surface area contributed by atoms with Crippen LogP contribution < -0.4 is 5.32 Å². The molecule has 2 rings (SSSR count). The number of fused-ring (bicyclic) bond motifs is 1. The van der Waals surface area contributed by atoms with Crippen molar-refractivity contribution >= 4 is 28.5 Å². The smallest absolute Gasteiger partial charge is 0.251 e. The molecule has 14 heavy (non-hydrogen) atoms. The van der Waals surface area contributed by atoms with Crippen LogP contribution in [-0.4, -0.2) is 11.9 Å². The summed E-state index contributed by atoms with van der Waals surface area (Å²) in [5.41, 5.74) is 2.03. The molecule has 0 fully saturated rings. The number of amides is 1. The Morgan fingerprint density at radius 2 is 2.36 bits per heavy atom. The zero-order valence-corrected chi connectivity index (χ0v) is 10.2. The van der Waals surface area contributed by atoms with Crippen LogP contribution in [0.4, 0.5) is 0 Å². The van der Waals surface area contributed by atoms with Crippen molar-refractivity contribution in [1.29, 1.82) is 0 Å². The van der Waals surface area contributed by atoms with E-state index in [9.17, 15) is 4.79 Å². The van der Waals surface area contributed by atoms with Gasteiger partial charge in [0, 0.05) is 15.2 Å². The van der Waals surface area contributed by atoms with E-state index >= 15 is 0 Å². The summed E-state index contributed by atoms with van der Waals surface area (Å²) in [6.45, 7) is 2.10. The van der Waals surface area contributed by atoms with E-state index in [1.54, 1.807) is 0 Å². The first-order valence-electron chi connectivity index (χ1n) is 4.80. The third kappa shape index (κ3) is 1.78. The molecule has 0 spiro atoms. The minimum atomic E-state index is 0.0802. The second-order valence-electron chi connectivity index (χ2n) is 3.58. The molecular weight excluding hydrogens is 289 g/mol. The van der Waals surface area contributed by atoms with Crippen LogP contribution in [0.1, 0.15) is 29.3 Å². The summed E-state index contributed by atoms with van der Waals surface area (Å²) in [6.07, 6.45) is 1.96. The SMILES string of the molecule is CCC1Cc2ccc(I)cc2C(=O)N1. The molecule has 1 aromatic rings. The Bertz CT molecular complexity index is 376. The monoisotopic (exact) mass is 301 g/mol. The van der Waals surface area contributed by atoms with Gasteiger partial charge in [-0.25, -0.2) is 0 Å². The average molecular weight is 301 g/mol. The molecule has 0 radical (unpaired) electrons. The van der Waals surface area contributed by atoms with Gasteiger partial charge in [-0.2, -0.15) is 0 Å². The van der Waals surface area contributed by atoms with Gasteiger partial charge in [0.05, 0.1) is 0 Å². The average Bonchev–Trinajstić information content (AvgIpc) is 2.19. The maximum absolute atomic E-state index is 11.7. The van der Waals surface area contributed by atoms with Gasteiger partial charge >= 0.3 is 0 Å². The fourth-order valence-corrected chi connectivity index (χ4v) is 2.26. The lowest BCUT2D eigenvalue weighted by molar-refractivity contribution is 0.0924. The first-order chi connectivity index (χ1) is 6.70. The Kier molecular flexibility index (Phi) is 2.76. The largest absolute Gasteiger partial charge is 0.349 e. The van der Waals surface area contributed by atoms with Crippen molar-refractivity contribution in [1.82, 2.24) is 5.32 Å². The molecule has 1 atom stereocenters. The van der Waals surface area contributed by atoms with Gasteiger partial charge in [0.1, 0.15) is 0 Å². The summed E-state index contributed by atoms with van der Waals surface area (Å²) in [5, 5.41) is 3.01. The predicted octanol–water partition coefficient (Wildman–Crippen LogP) is 2.36. The molecule has 1 N–H and O–H groups in total. The lowest BCUT2D eigenvalue weighted by Gasteiger charge is -2.24. The van der Waals surface area contributed by atoms with E-state index in [0.29, 0.717) is 6.04 Å². The van der Waals surface area contributed by atoms with Crippen LogP contribution in [-0.2, 0) is 6.42 Å². The van der Waals surface area contributed by atoms with Gasteiger partial charge < -0.3 is 5.32 Å². The summed E-state index contributed by atoms with van der Waals surface area (Å²) in [5.74, 6) is 0.0802. The molecule has 1 aliphatic heterocycles. The number of benzene rings is 1. The Balaban J connectivity index is 2.40. The van der Waals surface area contributed by atoms with Crippen LogP contribution >= 0.6 is 22.6 Å². The summed E-state index contributed by atoms with van der Waals surface area (Å²) in [4.78, 5) is 11.7. The van der Waals surface area contributed by atoms with Crippen molar-refractivity contribution in [3.63, 3.8) is 0 Å². The third-order valence-electron chi connectivity index (χ3n) is 2.61. The Morgan fingerprint density at radius 3 is 3.07 bits per heavy atom. The van der Waals surface area contributed by atoms with Gasteiger partial charge in [0.25, 0.3) is 5.91 Å². The Hall–Kier alpha value is -0.580. The highest BCUT2D eigenvalue weighted by Crippen LogP contribution is 2.20. The minimum Gasteiger partial charge on any atom is -0.349 e. The topological polar surface area (TPSA) is 29.1 Å². The highest BCUT2D eigenvalue weighted by Gasteiger charge is 2.22. The number of nitrogens with one attached hydrogen (secondary N) is 1. The van der Waals surface area contributed by atoms with E-state index in [4.69, 9.17) is 0 Å². The first-order valence-corrected chi connectivity index (χ1v) is 5.88. The van der Waals surface area contributed by atoms with E-state index in [2.05, 4.69) is 47.0 Å². The lowest BCUT2D eigenvalue weighted by atomic mass is 9.94. The molecule has 0 bridgehead atoms. The van der Waals surface area contributed by atoms with Crippen LogP contribution in [0.5, 0.6) is 0 Å². The second-order valence-corrected chi connectivity index (χ2v) is 4.83. The van der Waals surface area contributed by atoms with Crippen molar-refractivity contribution in [3.05, 3.63) is 32.9 Å². The quantitative estimate of drug-likeness (QED) is 0.793. The number of hydrogen-bond donors (Lipinski definition) is 1. The number of halogens is 1. The van der Waals surface area contributed by atoms with E-state index < -0.39 is 0 Å². The van der Waals surface area contributed by atoms with Crippen LogP contribution in [0, 0.1) is 3.57 Å². The third-order valence-corrected chi connectivity index (χ3v) is 3.28. The van der Waals surface area contributed by atoms with Gasteiger partial charge in [-0.1, -0.05) is 13.0 Å². The second kappa shape index (κ2) is 3.88. The minimum absolute atomic E-state index is 0.0802. The first kappa shape index (κ1) is 9.96. The highest BCUT2D eigenvalue weighted by atomic mass is 127. The molecule has 1 heterocycles. The normalized spacial score (nSPS) is 20.1. The maximum Gasteiger partial charge on any atom is 0.251 e. The lowest BCUT2D eigenvalue weighted by Crippen LogP contribution is -2.40. The molecule has 3 heteroatoms. The zero-order valence-electron chi connectivity index (χ0n) is 8.01. The number of carbonyl (C=O) groups is 1. The van der Waals surface area contributed by atoms with Crippen LogP contribution in [0.25, 0.3) is 0 Å². The van der Waals surface area contributed by atoms with Crippen molar-refractivity contribution in [2.24, 2.45) is 0 Å². The Labute approximate surface area is 97.2 Å². The molecule has 1 amide bonds. The molecule has 2 nitrogen and oxygen atoms in total. The van der Waals surface area contributed by atoms with Gasteiger partial charge in [0.2, 0.25) is 0 Å². The molecule has 0 saturated carbocycles. The van der Waals surface area contributed by atoms with Gasteiger partial charge in [-0.3, -0.25) is 4.79 Å². The van der Waals surface area contributed by atoms with E-state index in [0.717, 1.165) is 22.0 Å². The van der Waals surface area contributed by atoms with E-state index in [-0.39, 0.29) is 5.91 Å². The maximum atomic E-state index is 11.7. The van der Waals surface area contributed by atoms with Crippen LogP contribution in [0.15, 0.2) is 18.2 Å². The summed E-state index contributed by atoms with van der Waals surface area (Å²) in [6, 6.07) is 6.40. The summed E-state index contributed by atoms with van der Waals surface area (Å²) >= 11 is 2.23. The van der Waals surface area contributed by atoms with E-state index in [1.165, 1.54) is 5.56 Å². The van der Waals surface area contributed by atoms with Crippen molar-refractivity contribution in [2.75, 3.05) is 0 Å². The van der Waals surface area contributed by atoms with Gasteiger partial charge in [-0.15, -0.1) is 0 Å². The predicted molar refractivity (Wildman–Crippen MR) is 64.4 cm³/mol. The molecule has 0 saturated heterocycles. The molecule has 1 unspecified atom stereocenters. The molecule has 74 valence electrons. The van der Waals surface area contributed by atoms with Gasteiger partial charge in [0.15, 0.2) is 0 Å².